The van der Waals surface area contributed by atoms with E-state index in [2.05, 4.69) is 38.9 Å². The normalized spacial score (nSPS) is 14.9. The topological polar surface area (TPSA) is 87.5 Å². The van der Waals surface area contributed by atoms with Crippen LogP contribution in [0.4, 0.5) is 5.13 Å². The molecular weight excluding hydrogens is 408 g/mol. The quantitative estimate of drug-likeness (QED) is 0.601. The third-order valence-corrected chi connectivity index (χ3v) is 6.74. The number of thiazole rings is 1. The van der Waals surface area contributed by atoms with Gasteiger partial charge in [-0.25, -0.2) is 4.98 Å². The van der Waals surface area contributed by atoms with Gasteiger partial charge in [-0.2, -0.15) is 0 Å². The molecule has 29 heavy (non-hydrogen) atoms. The molecule has 1 unspecified atom stereocenters. The fourth-order valence-electron chi connectivity index (χ4n) is 3.28. The van der Waals surface area contributed by atoms with Gasteiger partial charge in [0.25, 0.3) is 5.91 Å². The monoisotopic (exact) mass is 430 g/mol. The van der Waals surface area contributed by atoms with Crippen LogP contribution in [0.3, 0.4) is 0 Å². The molecule has 0 aromatic carbocycles. The lowest BCUT2D eigenvalue weighted by Gasteiger charge is -2.32. The molecule has 3 aromatic rings. The first-order valence-electron chi connectivity index (χ1n) is 9.43. The van der Waals surface area contributed by atoms with Crippen LogP contribution in [0.1, 0.15) is 33.6 Å². The third kappa shape index (κ3) is 4.92. The number of hydrogen-bond donors (Lipinski definition) is 2. The van der Waals surface area contributed by atoms with Crippen molar-refractivity contribution in [2.75, 3.05) is 18.4 Å². The van der Waals surface area contributed by atoms with Crippen molar-refractivity contribution in [2.24, 2.45) is 0 Å². The molecule has 1 atom stereocenters. The van der Waals surface area contributed by atoms with Crippen molar-refractivity contribution in [3.63, 3.8) is 0 Å². The smallest absolute Gasteiger partial charge is 0.293 e. The Balaban J connectivity index is 1.23. The molecule has 7 nitrogen and oxygen atoms in total. The zero-order valence-electron chi connectivity index (χ0n) is 16.0. The average molecular weight is 431 g/mol. The standard InChI is InChI=1S/C20H22N4O3S2/c1-13(24-6-4-17-14(11-24)5-8-28-17)10-21-18(25)9-15-12-29-20(22-15)23-19(26)16-3-2-7-27-16/h2-3,5,7-8,12-13H,4,6,9-11H2,1H3,(H,21,25)(H,22,23,26). The van der Waals surface area contributed by atoms with Gasteiger partial charge >= 0.3 is 0 Å². The second-order valence-corrected chi connectivity index (χ2v) is 8.85. The van der Waals surface area contributed by atoms with Gasteiger partial charge in [-0.15, -0.1) is 22.7 Å². The van der Waals surface area contributed by atoms with Crippen molar-refractivity contribution in [3.05, 3.63) is 57.1 Å². The molecule has 0 spiro atoms. The molecule has 1 aliphatic heterocycles. The molecule has 2 amide bonds. The first kappa shape index (κ1) is 19.8. The van der Waals surface area contributed by atoms with Crippen molar-refractivity contribution in [2.45, 2.75) is 32.4 Å². The highest BCUT2D eigenvalue weighted by atomic mass is 32.1. The van der Waals surface area contributed by atoms with Crippen LogP contribution in [-0.2, 0) is 24.2 Å². The molecule has 152 valence electrons. The molecule has 0 saturated carbocycles. The van der Waals surface area contributed by atoms with Gasteiger partial charge in [0.2, 0.25) is 5.91 Å². The van der Waals surface area contributed by atoms with Gasteiger partial charge < -0.3 is 9.73 Å². The minimum absolute atomic E-state index is 0.0701. The Labute approximate surface area is 176 Å². The largest absolute Gasteiger partial charge is 0.459 e. The maximum absolute atomic E-state index is 12.3. The zero-order chi connectivity index (χ0) is 20.2. The lowest BCUT2D eigenvalue weighted by Crippen LogP contribution is -2.44. The first-order valence-corrected chi connectivity index (χ1v) is 11.2. The van der Waals surface area contributed by atoms with Crippen LogP contribution >= 0.6 is 22.7 Å². The second-order valence-electron chi connectivity index (χ2n) is 6.99. The number of aromatic nitrogens is 1. The van der Waals surface area contributed by atoms with E-state index in [9.17, 15) is 9.59 Å². The van der Waals surface area contributed by atoms with Gasteiger partial charge in [-0.3, -0.25) is 19.8 Å². The number of furan rings is 1. The second kappa shape index (κ2) is 8.89. The van der Waals surface area contributed by atoms with E-state index in [-0.39, 0.29) is 30.0 Å². The summed E-state index contributed by atoms with van der Waals surface area (Å²) in [5, 5.41) is 10.1. The average Bonchev–Trinajstić information content (AvgIpc) is 3.47. The van der Waals surface area contributed by atoms with Crippen LogP contribution in [0.15, 0.2) is 39.6 Å². The van der Waals surface area contributed by atoms with Gasteiger partial charge in [-0.1, -0.05) is 0 Å². The van der Waals surface area contributed by atoms with E-state index in [0.717, 1.165) is 19.5 Å². The summed E-state index contributed by atoms with van der Waals surface area (Å²) in [5.41, 5.74) is 2.04. The highest BCUT2D eigenvalue weighted by Crippen LogP contribution is 2.25. The molecule has 9 heteroatoms. The van der Waals surface area contributed by atoms with Crippen molar-refractivity contribution in [3.8, 4) is 0 Å². The highest BCUT2D eigenvalue weighted by molar-refractivity contribution is 7.14. The summed E-state index contributed by atoms with van der Waals surface area (Å²) < 4.78 is 5.06. The SMILES string of the molecule is CC(CNC(=O)Cc1csc(NC(=O)c2ccco2)n1)N1CCc2sccc2C1. The molecule has 4 rings (SSSR count). The van der Waals surface area contributed by atoms with E-state index in [1.165, 1.54) is 28.0 Å². The molecule has 0 aliphatic carbocycles. The number of nitrogens with one attached hydrogen (secondary N) is 2. The summed E-state index contributed by atoms with van der Waals surface area (Å²) in [4.78, 5) is 32.5. The lowest BCUT2D eigenvalue weighted by atomic mass is 10.1. The summed E-state index contributed by atoms with van der Waals surface area (Å²) in [5.74, 6) is -0.204. The van der Waals surface area contributed by atoms with Gasteiger partial charge in [0.1, 0.15) is 0 Å². The van der Waals surface area contributed by atoms with E-state index < -0.39 is 0 Å². The van der Waals surface area contributed by atoms with Gasteiger partial charge in [0.15, 0.2) is 10.9 Å². The number of fused-ring (bicyclic) bond motifs is 1. The Bertz CT molecular complexity index is 980. The molecule has 2 N–H and O–H groups in total. The third-order valence-electron chi connectivity index (χ3n) is 4.91. The van der Waals surface area contributed by atoms with Crippen LogP contribution in [-0.4, -0.2) is 40.8 Å². The summed E-state index contributed by atoms with van der Waals surface area (Å²) in [6.07, 6.45) is 2.71. The molecule has 3 aromatic heterocycles. The van der Waals surface area contributed by atoms with E-state index in [1.807, 2.05) is 11.3 Å². The van der Waals surface area contributed by atoms with Crippen molar-refractivity contribution in [1.29, 1.82) is 0 Å². The summed E-state index contributed by atoms with van der Waals surface area (Å²) in [6.45, 7) is 4.71. The fourth-order valence-corrected chi connectivity index (χ4v) is 4.87. The summed E-state index contributed by atoms with van der Waals surface area (Å²) in [7, 11) is 0. The predicted molar refractivity (Wildman–Crippen MR) is 113 cm³/mol. The number of carbonyl (C=O) groups excluding carboxylic acids is 2. The minimum atomic E-state index is -0.357. The number of thiophene rings is 1. The number of hydrogen-bond acceptors (Lipinski definition) is 7. The van der Waals surface area contributed by atoms with E-state index >= 15 is 0 Å². The molecule has 0 saturated heterocycles. The number of amides is 2. The Morgan fingerprint density at radius 3 is 3.07 bits per heavy atom. The molecule has 0 bridgehead atoms. The van der Waals surface area contributed by atoms with Crippen LogP contribution in [0.2, 0.25) is 0 Å². The predicted octanol–water partition coefficient (Wildman–Crippen LogP) is 3.16. The Hall–Kier alpha value is -2.49. The van der Waals surface area contributed by atoms with Crippen molar-refractivity contribution >= 4 is 39.6 Å². The van der Waals surface area contributed by atoms with E-state index in [4.69, 9.17) is 4.42 Å². The summed E-state index contributed by atoms with van der Waals surface area (Å²) >= 11 is 3.12. The first-order chi connectivity index (χ1) is 14.1. The zero-order valence-corrected chi connectivity index (χ0v) is 17.6. The van der Waals surface area contributed by atoms with Gasteiger partial charge in [0.05, 0.1) is 18.4 Å². The van der Waals surface area contributed by atoms with Gasteiger partial charge in [0, 0.05) is 35.9 Å². The van der Waals surface area contributed by atoms with Crippen LogP contribution in [0.25, 0.3) is 0 Å². The number of nitrogens with zero attached hydrogens (tertiary/aromatic N) is 2. The highest BCUT2D eigenvalue weighted by Gasteiger charge is 2.22. The van der Waals surface area contributed by atoms with Crippen molar-refractivity contribution < 1.29 is 14.0 Å². The maximum atomic E-state index is 12.3. The van der Waals surface area contributed by atoms with E-state index in [0.29, 0.717) is 17.4 Å². The summed E-state index contributed by atoms with van der Waals surface area (Å²) in [6, 6.07) is 5.70. The molecule has 1 aliphatic rings. The van der Waals surface area contributed by atoms with Crippen LogP contribution in [0.5, 0.6) is 0 Å². The number of carbonyl (C=O) groups is 2. The number of anilines is 1. The molecular formula is C20H22N4O3S2. The molecule has 0 radical (unpaired) electrons. The van der Waals surface area contributed by atoms with Crippen LogP contribution in [0, 0.1) is 0 Å². The molecule has 4 heterocycles. The van der Waals surface area contributed by atoms with Gasteiger partial charge in [-0.05, 0) is 42.5 Å². The molecule has 0 fully saturated rings. The lowest BCUT2D eigenvalue weighted by molar-refractivity contribution is -0.120. The minimum Gasteiger partial charge on any atom is -0.459 e. The van der Waals surface area contributed by atoms with E-state index in [1.54, 1.807) is 17.5 Å². The fraction of sp³-hybridized carbons (Fsp3) is 0.350. The van der Waals surface area contributed by atoms with Crippen molar-refractivity contribution in [1.82, 2.24) is 15.2 Å². The maximum Gasteiger partial charge on any atom is 0.293 e. The Kier molecular flexibility index (Phi) is 6.08. The Morgan fingerprint density at radius 2 is 2.24 bits per heavy atom. The van der Waals surface area contributed by atoms with Crippen LogP contribution < -0.4 is 10.6 Å². The Morgan fingerprint density at radius 1 is 1.34 bits per heavy atom. The number of rotatable bonds is 7.